The van der Waals surface area contributed by atoms with Crippen LogP contribution in [0, 0.1) is 24.2 Å². The molecule has 0 aliphatic carbocycles. The number of anilines is 1. The monoisotopic (exact) mass is 216 g/mol. The molecular weight excluding hydrogens is 200 g/mol. The molecular formula is C12H16N4. The Morgan fingerprint density at radius 3 is 2.81 bits per heavy atom. The van der Waals surface area contributed by atoms with E-state index >= 15 is 0 Å². The molecule has 0 radical (unpaired) electrons. The highest BCUT2D eigenvalue weighted by Crippen LogP contribution is 2.24. The molecule has 2 N–H and O–H groups in total. The van der Waals surface area contributed by atoms with Gasteiger partial charge in [0.15, 0.2) is 0 Å². The minimum atomic E-state index is 0.175. The molecule has 16 heavy (non-hydrogen) atoms. The van der Waals surface area contributed by atoms with Gasteiger partial charge in [-0.25, -0.2) is 4.98 Å². The number of aromatic nitrogens is 1. The van der Waals surface area contributed by atoms with Gasteiger partial charge in [0, 0.05) is 24.8 Å². The van der Waals surface area contributed by atoms with Crippen LogP contribution < -0.4 is 10.6 Å². The van der Waals surface area contributed by atoms with E-state index in [0.29, 0.717) is 11.5 Å². The predicted molar refractivity (Wildman–Crippen MR) is 63.0 cm³/mol. The van der Waals surface area contributed by atoms with Crippen LogP contribution in [0.15, 0.2) is 12.1 Å². The van der Waals surface area contributed by atoms with Crippen molar-refractivity contribution >= 4 is 5.82 Å². The number of hydrogen-bond donors (Lipinski definition) is 1. The summed E-state index contributed by atoms with van der Waals surface area (Å²) in [5.74, 6) is 1.23. The van der Waals surface area contributed by atoms with Crippen molar-refractivity contribution in [3.8, 4) is 6.07 Å². The van der Waals surface area contributed by atoms with E-state index in [1.165, 1.54) is 0 Å². The molecule has 0 bridgehead atoms. The fourth-order valence-corrected chi connectivity index (χ4v) is 2.04. The molecule has 2 heterocycles. The summed E-state index contributed by atoms with van der Waals surface area (Å²) in [6.45, 7) is 5.73. The first kappa shape index (κ1) is 10.9. The molecule has 1 aromatic heterocycles. The van der Waals surface area contributed by atoms with E-state index in [0.717, 1.165) is 24.6 Å². The number of hydrogen-bond acceptors (Lipinski definition) is 4. The minimum absolute atomic E-state index is 0.175. The molecule has 0 spiro atoms. The Morgan fingerprint density at radius 1 is 1.50 bits per heavy atom. The summed E-state index contributed by atoms with van der Waals surface area (Å²) in [5.41, 5.74) is 7.55. The van der Waals surface area contributed by atoms with Crippen molar-refractivity contribution in [2.75, 3.05) is 18.0 Å². The summed E-state index contributed by atoms with van der Waals surface area (Å²) in [6.07, 6.45) is 0. The number of rotatable bonds is 1. The molecule has 4 nitrogen and oxygen atoms in total. The Hall–Kier alpha value is -1.60. The van der Waals surface area contributed by atoms with E-state index in [2.05, 4.69) is 22.9 Å². The highest BCUT2D eigenvalue weighted by atomic mass is 15.2. The summed E-state index contributed by atoms with van der Waals surface area (Å²) in [7, 11) is 0. The van der Waals surface area contributed by atoms with Crippen molar-refractivity contribution in [1.29, 1.82) is 5.26 Å². The zero-order chi connectivity index (χ0) is 11.7. The highest BCUT2D eigenvalue weighted by molar-refractivity contribution is 5.55. The lowest BCUT2D eigenvalue weighted by Crippen LogP contribution is -2.29. The predicted octanol–water partition coefficient (Wildman–Crippen LogP) is 1.05. The zero-order valence-electron chi connectivity index (χ0n) is 9.64. The topological polar surface area (TPSA) is 65.9 Å². The van der Waals surface area contributed by atoms with Crippen LogP contribution in [-0.4, -0.2) is 24.1 Å². The average molecular weight is 216 g/mol. The van der Waals surface area contributed by atoms with Gasteiger partial charge in [-0.3, -0.25) is 0 Å². The number of nitrogens with zero attached hydrogens (tertiary/aromatic N) is 3. The Bertz CT molecular complexity index is 425. The second kappa shape index (κ2) is 4.11. The smallest absolute Gasteiger partial charge is 0.146 e. The normalized spacial score (nSPS) is 24.5. The van der Waals surface area contributed by atoms with Gasteiger partial charge in [-0.1, -0.05) is 6.92 Å². The van der Waals surface area contributed by atoms with Crippen LogP contribution in [0.3, 0.4) is 0 Å². The maximum absolute atomic E-state index is 9.05. The molecule has 0 saturated carbocycles. The van der Waals surface area contributed by atoms with Gasteiger partial charge in [-0.2, -0.15) is 5.26 Å². The molecule has 1 saturated heterocycles. The highest BCUT2D eigenvalue weighted by Gasteiger charge is 2.28. The van der Waals surface area contributed by atoms with Crippen LogP contribution in [0.4, 0.5) is 5.82 Å². The van der Waals surface area contributed by atoms with E-state index < -0.39 is 0 Å². The molecule has 1 aliphatic heterocycles. The summed E-state index contributed by atoms with van der Waals surface area (Å²) in [4.78, 5) is 6.55. The van der Waals surface area contributed by atoms with E-state index in [9.17, 15) is 0 Å². The number of nitriles is 1. The molecule has 2 atom stereocenters. The van der Waals surface area contributed by atoms with Gasteiger partial charge < -0.3 is 10.6 Å². The van der Waals surface area contributed by atoms with Gasteiger partial charge in [0.1, 0.15) is 11.9 Å². The van der Waals surface area contributed by atoms with Crippen LogP contribution in [-0.2, 0) is 0 Å². The fourth-order valence-electron chi connectivity index (χ4n) is 2.04. The molecule has 2 unspecified atom stereocenters. The van der Waals surface area contributed by atoms with Crippen molar-refractivity contribution in [3.63, 3.8) is 0 Å². The average Bonchev–Trinajstić information content (AvgIpc) is 2.59. The lowest BCUT2D eigenvalue weighted by atomic mass is 10.1. The number of aryl methyl sites for hydroxylation is 1. The van der Waals surface area contributed by atoms with Gasteiger partial charge in [-0.15, -0.1) is 0 Å². The Morgan fingerprint density at radius 2 is 2.25 bits per heavy atom. The lowest BCUT2D eigenvalue weighted by molar-refractivity contribution is 0.566. The SMILES string of the molecule is Cc1ccc(C#N)c(N2CC(C)C(N)C2)n1. The van der Waals surface area contributed by atoms with Gasteiger partial charge in [0.05, 0.1) is 5.56 Å². The molecule has 2 rings (SSSR count). The van der Waals surface area contributed by atoms with Gasteiger partial charge in [-0.05, 0) is 25.0 Å². The zero-order valence-corrected chi connectivity index (χ0v) is 9.64. The first-order valence-electron chi connectivity index (χ1n) is 5.50. The second-order valence-electron chi connectivity index (χ2n) is 4.48. The van der Waals surface area contributed by atoms with Crippen molar-refractivity contribution in [2.45, 2.75) is 19.9 Å². The summed E-state index contributed by atoms with van der Waals surface area (Å²) >= 11 is 0. The molecule has 4 heteroatoms. The summed E-state index contributed by atoms with van der Waals surface area (Å²) in [5, 5.41) is 9.05. The number of pyridine rings is 1. The fraction of sp³-hybridized carbons (Fsp3) is 0.500. The molecule has 1 aromatic rings. The van der Waals surface area contributed by atoms with Gasteiger partial charge in [0.25, 0.3) is 0 Å². The Labute approximate surface area is 95.7 Å². The van der Waals surface area contributed by atoms with Crippen molar-refractivity contribution < 1.29 is 0 Å². The van der Waals surface area contributed by atoms with Gasteiger partial charge in [0.2, 0.25) is 0 Å². The van der Waals surface area contributed by atoms with Gasteiger partial charge >= 0.3 is 0 Å². The Balaban J connectivity index is 2.34. The van der Waals surface area contributed by atoms with Crippen LogP contribution in [0.25, 0.3) is 0 Å². The minimum Gasteiger partial charge on any atom is -0.354 e. The first-order chi connectivity index (χ1) is 7.61. The number of nitrogens with two attached hydrogens (primary N) is 1. The largest absolute Gasteiger partial charge is 0.354 e. The van der Waals surface area contributed by atoms with E-state index in [-0.39, 0.29) is 6.04 Å². The standard InChI is InChI=1S/C12H16N4/c1-8-6-16(7-11(8)14)12-10(5-13)4-3-9(2)15-12/h3-4,8,11H,6-7,14H2,1-2H3. The molecule has 1 fully saturated rings. The third-order valence-corrected chi connectivity index (χ3v) is 3.10. The second-order valence-corrected chi connectivity index (χ2v) is 4.48. The molecule has 84 valence electrons. The van der Waals surface area contributed by atoms with E-state index in [1.807, 2.05) is 19.1 Å². The molecule has 0 aromatic carbocycles. The van der Waals surface area contributed by atoms with Crippen LogP contribution >= 0.6 is 0 Å². The van der Waals surface area contributed by atoms with Crippen molar-refractivity contribution in [1.82, 2.24) is 4.98 Å². The van der Waals surface area contributed by atoms with Crippen LogP contribution in [0.1, 0.15) is 18.2 Å². The first-order valence-corrected chi connectivity index (χ1v) is 5.50. The molecule has 0 amide bonds. The van der Waals surface area contributed by atoms with Crippen LogP contribution in [0.2, 0.25) is 0 Å². The third kappa shape index (κ3) is 1.86. The van der Waals surface area contributed by atoms with Crippen LogP contribution in [0.5, 0.6) is 0 Å². The van der Waals surface area contributed by atoms with E-state index in [4.69, 9.17) is 11.0 Å². The lowest BCUT2D eigenvalue weighted by Gasteiger charge is -2.18. The maximum Gasteiger partial charge on any atom is 0.146 e. The van der Waals surface area contributed by atoms with Crippen molar-refractivity contribution in [2.24, 2.45) is 11.7 Å². The summed E-state index contributed by atoms with van der Waals surface area (Å²) < 4.78 is 0. The maximum atomic E-state index is 9.05. The molecule has 1 aliphatic rings. The third-order valence-electron chi connectivity index (χ3n) is 3.10. The van der Waals surface area contributed by atoms with E-state index in [1.54, 1.807) is 0 Å². The summed E-state index contributed by atoms with van der Waals surface area (Å²) in [6, 6.07) is 6.05. The quantitative estimate of drug-likeness (QED) is 0.762. The Kier molecular flexibility index (Phi) is 2.80. The van der Waals surface area contributed by atoms with Crippen molar-refractivity contribution in [3.05, 3.63) is 23.4 Å².